The third-order valence-electron chi connectivity index (χ3n) is 2.88. The summed E-state index contributed by atoms with van der Waals surface area (Å²) in [5.74, 6) is 0.757. The van der Waals surface area contributed by atoms with Gasteiger partial charge >= 0.3 is 6.09 Å². The Balaban J connectivity index is 2.36. The SMILES string of the molecule is C=CCNC(N)=NCC1CCN(C(=O)OC(C)(C)C)C1. The second-order valence-electron chi connectivity index (χ2n) is 5.98. The van der Waals surface area contributed by atoms with Gasteiger partial charge in [0.2, 0.25) is 0 Å². The number of nitrogens with two attached hydrogens (primary N) is 1. The Morgan fingerprint density at radius 1 is 1.60 bits per heavy atom. The van der Waals surface area contributed by atoms with Crippen LogP contribution in [0, 0.1) is 5.92 Å². The molecule has 0 aromatic carbocycles. The number of carbonyl (C=O) groups excluding carboxylic acids is 1. The first-order valence-electron chi connectivity index (χ1n) is 6.94. The molecule has 1 aliphatic heterocycles. The minimum Gasteiger partial charge on any atom is -0.444 e. The van der Waals surface area contributed by atoms with E-state index in [1.54, 1.807) is 11.0 Å². The van der Waals surface area contributed by atoms with Crippen LogP contribution in [0.25, 0.3) is 0 Å². The molecular formula is C14H26N4O2. The fourth-order valence-corrected chi connectivity index (χ4v) is 1.93. The maximum Gasteiger partial charge on any atom is 0.410 e. The molecule has 0 aliphatic carbocycles. The number of amides is 1. The highest BCUT2D eigenvalue weighted by molar-refractivity contribution is 5.77. The second kappa shape index (κ2) is 7.17. The summed E-state index contributed by atoms with van der Waals surface area (Å²) >= 11 is 0. The Kier molecular flexibility index (Phi) is 5.85. The van der Waals surface area contributed by atoms with Crippen molar-refractivity contribution in [3.05, 3.63) is 12.7 Å². The van der Waals surface area contributed by atoms with Gasteiger partial charge in [-0.2, -0.15) is 0 Å². The molecule has 1 heterocycles. The molecule has 1 aliphatic rings. The Bertz CT molecular complexity index is 374. The predicted octanol–water partition coefficient (Wildman–Crippen LogP) is 1.33. The van der Waals surface area contributed by atoms with Gasteiger partial charge in [-0.15, -0.1) is 6.58 Å². The van der Waals surface area contributed by atoms with Gasteiger partial charge in [0.15, 0.2) is 5.96 Å². The molecule has 0 aromatic heterocycles. The number of rotatable bonds is 4. The molecule has 1 amide bonds. The second-order valence-corrected chi connectivity index (χ2v) is 5.98. The highest BCUT2D eigenvalue weighted by Crippen LogP contribution is 2.19. The summed E-state index contributed by atoms with van der Waals surface area (Å²) in [7, 11) is 0. The summed E-state index contributed by atoms with van der Waals surface area (Å²) in [5, 5.41) is 2.93. The van der Waals surface area contributed by atoms with Crippen LogP contribution in [-0.2, 0) is 4.74 Å². The van der Waals surface area contributed by atoms with E-state index in [0.717, 1.165) is 13.0 Å². The fraction of sp³-hybridized carbons (Fsp3) is 0.714. The molecule has 6 nitrogen and oxygen atoms in total. The molecule has 1 fully saturated rings. The Hall–Kier alpha value is -1.72. The molecule has 0 spiro atoms. The maximum atomic E-state index is 11.9. The van der Waals surface area contributed by atoms with E-state index in [0.29, 0.717) is 31.5 Å². The number of guanidine groups is 1. The third kappa shape index (κ3) is 5.95. The van der Waals surface area contributed by atoms with Crippen molar-refractivity contribution in [2.75, 3.05) is 26.2 Å². The molecule has 0 saturated carbocycles. The van der Waals surface area contributed by atoms with E-state index in [2.05, 4.69) is 16.9 Å². The average Bonchev–Trinajstić information content (AvgIpc) is 2.80. The van der Waals surface area contributed by atoms with E-state index >= 15 is 0 Å². The largest absolute Gasteiger partial charge is 0.444 e. The quantitative estimate of drug-likeness (QED) is 0.463. The van der Waals surface area contributed by atoms with E-state index < -0.39 is 5.60 Å². The molecule has 3 N–H and O–H groups in total. The molecule has 20 heavy (non-hydrogen) atoms. The van der Waals surface area contributed by atoms with Gasteiger partial charge in [0.1, 0.15) is 5.60 Å². The topological polar surface area (TPSA) is 80.0 Å². The maximum absolute atomic E-state index is 11.9. The summed E-state index contributed by atoms with van der Waals surface area (Å²) in [5.41, 5.74) is 5.25. The van der Waals surface area contributed by atoms with Crippen LogP contribution in [-0.4, -0.2) is 48.7 Å². The third-order valence-corrected chi connectivity index (χ3v) is 2.88. The molecule has 6 heteroatoms. The lowest BCUT2D eigenvalue weighted by Gasteiger charge is -2.24. The molecule has 1 saturated heterocycles. The van der Waals surface area contributed by atoms with Crippen LogP contribution in [0.15, 0.2) is 17.6 Å². The van der Waals surface area contributed by atoms with Gasteiger partial charge in [0.25, 0.3) is 0 Å². The number of hydrogen-bond donors (Lipinski definition) is 2. The zero-order valence-electron chi connectivity index (χ0n) is 12.7. The van der Waals surface area contributed by atoms with Crippen LogP contribution in [0.3, 0.4) is 0 Å². The number of aliphatic imine (C=N–C) groups is 1. The minimum atomic E-state index is -0.452. The van der Waals surface area contributed by atoms with Crippen LogP contribution < -0.4 is 11.1 Å². The summed E-state index contributed by atoms with van der Waals surface area (Å²) in [4.78, 5) is 17.9. The van der Waals surface area contributed by atoms with Crippen molar-refractivity contribution >= 4 is 12.1 Å². The normalized spacial score (nSPS) is 19.9. The van der Waals surface area contributed by atoms with Crippen LogP contribution in [0.5, 0.6) is 0 Å². The predicted molar refractivity (Wildman–Crippen MR) is 80.6 cm³/mol. The van der Waals surface area contributed by atoms with Crippen molar-refractivity contribution in [3.8, 4) is 0 Å². The van der Waals surface area contributed by atoms with Crippen LogP contribution in [0.4, 0.5) is 4.79 Å². The van der Waals surface area contributed by atoms with Crippen molar-refractivity contribution in [1.29, 1.82) is 0 Å². The van der Waals surface area contributed by atoms with Gasteiger partial charge in [-0.1, -0.05) is 6.08 Å². The molecule has 1 atom stereocenters. The number of likely N-dealkylation sites (tertiary alicyclic amines) is 1. The minimum absolute atomic E-state index is 0.248. The van der Waals surface area contributed by atoms with Crippen molar-refractivity contribution in [2.24, 2.45) is 16.6 Å². The van der Waals surface area contributed by atoms with Crippen molar-refractivity contribution in [3.63, 3.8) is 0 Å². The number of ether oxygens (including phenoxy) is 1. The van der Waals surface area contributed by atoms with E-state index in [-0.39, 0.29) is 6.09 Å². The Morgan fingerprint density at radius 3 is 2.90 bits per heavy atom. The van der Waals surface area contributed by atoms with Crippen molar-refractivity contribution in [1.82, 2.24) is 10.2 Å². The first-order valence-corrected chi connectivity index (χ1v) is 6.94. The molecular weight excluding hydrogens is 256 g/mol. The number of carbonyl (C=O) groups is 1. The lowest BCUT2D eigenvalue weighted by molar-refractivity contribution is 0.0289. The fourth-order valence-electron chi connectivity index (χ4n) is 1.93. The smallest absolute Gasteiger partial charge is 0.410 e. The van der Waals surface area contributed by atoms with Crippen LogP contribution in [0.1, 0.15) is 27.2 Å². The number of hydrogen-bond acceptors (Lipinski definition) is 3. The van der Waals surface area contributed by atoms with Gasteiger partial charge in [0, 0.05) is 26.2 Å². The zero-order valence-corrected chi connectivity index (χ0v) is 12.7. The summed E-state index contributed by atoms with van der Waals surface area (Å²) in [6.45, 7) is 11.8. The van der Waals surface area contributed by atoms with Gasteiger partial charge in [-0.25, -0.2) is 4.79 Å². The van der Waals surface area contributed by atoms with Crippen LogP contribution in [0.2, 0.25) is 0 Å². The van der Waals surface area contributed by atoms with Gasteiger partial charge in [-0.05, 0) is 33.1 Å². The highest BCUT2D eigenvalue weighted by atomic mass is 16.6. The van der Waals surface area contributed by atoms with E-state index in [1.165, 1.54) is 0 Å². The number of nitrogens with one attached hydrogen (secondary N) is 1. The Labute approximate surface area is 121 Å². The lowest BCUT2D eigenvalue weighted by Crippen LogP contribution is -2.35. The monoisotopic (exact) mass is 282 g/mol. The molecule has 0 aromatic rings. The molecule has 114 valence electrons. The lowest BCUT2D eigenvalue weighted by atomic mass is 10.1. The molecule has 1 unspecified atom stereocenters. The van der Waals surface area contributed by atoms with Gasteiger partial charge in [-0.3, -0.25) is 4.99 Å². The van der Waals surface area contributed by atoms with Gasteiger partial charge < -0.3 is 20.7 Å². The Morgan fingerprint density at radius 2 is 2.30 bits per heavy atom. The summed E-state index contributed by atoms with van der Waals surface area (Å²) < 4.78 is 5.35. The van der Waals surface area contributed by atoms with E-state index in [4.69, 9.17) is 10.5 Å². The molecule has 1 rings (SSSR count). The first kappa shape index (κ1) is 16.3. The van der Waals surface area contributed by atoms with E-state index in [9.17, 15) is 4.79 Å². The van der Waals surface area contributed by atoms with E-state index in [1.807, 2.05) is 20.8 Å². The first-order chi connectivity index (χ1) is 9.31. The highest BCUT2D eigenvalue weighted by Gasteiger charge is 2.29. The molecule has 0 radical (unpaired) electrons. The molecule has 0 bridgehead atoms. The average molecular weight is 282 g/mol. The standard InChI is InChI=1S/C14H26N4O2/c1-5-7-16-12(15)17-9-11-6-8-18(10-11)13(19)20-14(2,3)4/h5,11H,1,6-10H2,2-4H3,(H3,15,16,17). The van der Waals surface area contributed by atoms with Crippen molar-refractivity contribution in [2.45, 2.75) is 32.8 Å². The van der Waals surface area contributed by atoms with Gasteiger partial charge in [0.05, 0.1) is 0 Å². The number of nitrogens with zero attached hydrogens (tertiary/aromatic N) is 2. The van der Waals surface area contributed by atoms with Crippen molar-refractivity contribution < 1.29 is 9.53 Å². The zero-order chi connectivity index (χ0) is 15.2. The summed E-state index contributed by atoms with van der Waals surface area (Å²) in [6.07, 6.45) is 2.40. The summed E-state index contributed by atoms with van der Waals surface area (Å²) in [6, 6.07) is 0. The van der Waals surface area contributed by atoms with Crippen LogP contribution >= 0.6 is 0 Å².